The molecular weight excluding hydrogens is 226 g/mol. The van der Waals surface area contributed by atoms with Gasteiger partial charge in [0.15, 0.2) is 0 Å². The Morgan fingerprint density at radius 2 is 2.22 bits per heavy atom. The number of hydrogen-bond acceptors (Lipinski definition) is 3. The van der Waals surface area contributed by atoms with Gasteiger partial charge in [-0.15, -0.1) is 0 Å². The fraction of sp³-hybridized carbons (Fsp3) is 0.571. The molecule has 0 saturated carbocycles. The van der Waals surface area contributed by atoms with Crippen molar-refractivity contribution >= 4 is 5.91 Å². The van der Waals surface area contributed by atoms with Gasteiger partial charge >= 0.3 is 0 Å². The Morgan fingerprint density at radius 1 is 1.39 bits per heavy atom. The molecule has 1 fully saturated rings. The molecule has 1 aromatic heterocycles. The topological polar surface area (TPSA) is 54.0 Å². The van der Waals surface area contributed by atoms with Gasteiger partial charge in [0.25, 0.3) is 5.91 Å². The number of nitrogens with zero attached hydrogens (tertiary/aromatic N) is 1. The first-order valence-corrected chi connectivity index (χ1v) is 6.62. The lowest BCUT2D eigenvalue weighted by atomic mass is 10.1. The summed E-state index contributed by atoms with van der Waals surface area (Å²) in [4.78, 5) is 16.5. The molecule has 4 heteroatoms. The normalized spacial score (nSPS) is 20.2. The second-order valence-electron chi connectivity index (χ2n) is 4.96. The molecule has 1 amide bonds. The maximum Gasteiger partial charge on any atom is 0.253 e. The SMILES string of the molecule is Cc1ccc(C(=O)NC2CCCCNC2)c(C)n1. The largest absolute Gasteiger partial charge is 0.348 e. The Labute approximate surface area is 108 Å². The van der Waals surface area contributed by atoms with Crippen molar-refractivity contribution in [2.24, 2.45) is 0 Å². The van der Waals surface area contributed by atoms with E-state index in [9.17, 15) is 4.79 Å². The van der Waals surface area contributed by atoms with Gasteiger partial charge in [-0.1, -0.05) is 6.42 Å². The Hall–Kier alpha value is -1.42. The highest BCUT2D eigenvalue weighted by Gasteiger charge is 2.16. The molecule has 1 unspecified atom stereocenters. The summed E-state index contributed by atoms with van der Waals surface area (Å²) < 4.78 is 0. The zero-order chi connectivity index (χ0) is 13.0. The fourth-order valence-electron chi connectivity index (χ4n) is 2.33. The summed E-state index contributed by atoms with van der Waals surface area (Å²) in [5.74, 6) is -0.00583. The molecule has 0 radical (unpaired) electrons. The smallest absolute Gasteiger partial charge is 0.253 e. The van der Waals surface area contributed by atoms with E-state index in [1.54, 1.807) is 0 Å². The number of pyridine rings is 1. The first-order chi connectivity index (χ1) is 8.66. The molecule has 0 bridgehead atoms. The Morgan fingerprint density at radius 3 is 3.00 bits per heavy atom. The maximum absolute atomic E-state index is 12.2. The van der Waals surface area contributed by atoms with E-state index < -0.39 is 0 Å². The molecule has 2 N–H and O–H groups in total. The Bertz CT molecular complexity index is 423. The van der Waals surface area contributed by atoms with Crippen LogP contribution in [0.25, 0.3) is 0 Å². The van der Waals surface area contributed by atoms with Crippen molar-refractivity contribution in [1.82, 2.24) is 15.6 Å². The molecule has 1 aromatic rings. The third-order valence-electron chi connectivity index (χ3n) is 3.35. The van der Waals surface area contributed by atoms with E-state index in [2.05, 4.69) is 15.6 Å². The lowest BCUT2D eigenvalue weighted by Gasteiger charge is -2.17. The van der Waals surface area contributed by atoms with Crippen LogP contribution in [-0.2, 0) is 0 Å². The van der Waals surface area contributed by atoms with Crippen LogP contribution in [0.2, 0.25) is 0 Å². The van der Waals surface area contributed by atoms with Gasteiger partial charge in [0, 0.05) is 18.3 Å². The minimum absolute atomic E-state index is 0.00583. The molecule has 4 nitrogen and oxygen atoms in total. The maximum atomic E-state index is 12.2. The van der Waals surface area contributed by atoms with Gasteiger partial charge in [-0.05, 0) is 45.4 Å². The fourth-order valence-corrected chi connectivity index (χ4v) is 2.33. The molecule has 1 saturated heterocycles. The first-order valence-electron chi connectivity index (χ1n) is 6.62. The quantitative estimate of drug-likeness (QED) is 0.834. The Kier molecular flexibility index (Phi) is 4.31. The van der Waals surface area contributed by atoms with Crippen molar-refractivity contribution in [3.8, 4) is 0 Å². The molecular formula is C14H21N3O. The van der Waals surface area contributed by atoms with Crippen molar-refractivity contribution in [3.63, 3.8) is 0 Å². The summed E-state index contributed by atoms with van der Waals surface area (Å²) in [5, 5.41) is 6.44. The van der Waals surface area contributed by atoms with Crippen molar-refractivity contribution in [1.29, 1.82) is 0 Å². The summed E-state index contributed by atoms with van der Waals surface area (Å²) in [6, 6.07) is 3.98. The first kappa shape index (κ1) is 13.0. The summed E-state index contributed by atoms with van der Waals surface area (Å²) in [6.45, 7) is 5.73. The number of carbonyl (C=O) groups excluding carboxylic acids is 1. The predicted molar refractivity (Wildman–Crippen MR) is 71.7 cm³/mol. The minimum atomic E-state index is -0.00583. The zero-order valence-corrected chi connectivity index (χ0v) is 11.1. The lowest BCUT2D eigenvalue weighted by Crippen LogP contribution is -2.41. The van der Waals surface area contributed by atoms with E-state index in [1.807, 2.05) is 26.0 Å². The molecule has 1 aliphatic heterocycles. The van der Waals surface area contributed by atoms with Crippen molar-refractivity contribution in [2.75, 3.05) is 13.1 Å². The van der Waals surface area contributed by atoms with E-state index in [-0.39, 0.29) is 11.9 Å². The third-order valence-corrected chi connectivity index (χ3v) is 3.35. The summed E-state index contributed by atoms with van der Waals surface area (Å²) in [7, 11) is 0. The standard InChI is InChI=1S/C14H21N3O/c1-10-6-7-13(11(2)16-10)14(18)17-12-5-3-4-8-15-9-12/h6-7,12,15H,3-5,8-9H2,1-2H3,(H,17,18). The molecule has 0 aromatic carbocycles. The average Bonchev–Trinajstić information content (AvgIpc) is 2.57. The van der Waals surface area contributed by atoms with Gasteiger partial charge in [0.05, 0.1) is 11.3 Å². The number of hydrogen-bond donors (Lipinski definition) is 2. The molecule has 0 spiro atoms. The monoisotopic (exact) mass is 247 g/mol. The number of amides is 1. The highest BCUT2D eigenvalue weighted by atomic mass is 16.1. The summed E-state index contributed by atoms with van der Waals surface area (Å²) in [6.07, 6.45) is 3.41. The molecule has 98 valence electrons. The van der Waals surface area contributed by atoms with Crippen LogP contribution in [0, 0.1) is 13.8 Å². The molecule has 2 rings (SSSR count). The average molecular weight is 247 g/mol. The van der Waals surface area contributed by atoms with Crippen LogP contribution in [-0.4, -0.2) is 30.0 Å². The van der Waals surface area contributed by atoms with Crippen molar-refractivity contribution in [2.45, 2.75) is 39.2 Å². The van der Waals surface area contributed by atoms with Crippen LogP contribution in [0.5, 0.6) is 0 Å². The Balaban J connectivity index is 2.02. The number of aromatic nitrogens is 1. The highest BCUT2D eigenvalue weighted by Crippen LogP contribution is 2.09. The number of nitrogens with one attached hydrogen (secondary N) is 2. The van der Waals surface area contributed by atoms with E-state index in [1.165, 1.54) is 12.8 Å². The summed E-state index contributed by atoms with van der Waals surface area (Å²) in [5.41, 5.74) is 2.43. The predicted octanol–water partition coefficient (Wildman–Crippen LogP) is 1.57. The van der Waals surface area contributed by atoms with E-state index >= 15 is 0 Å². The van der Waals surface area contributed by atoms with Crippen molar-refractivity contribution in [3.05, 3.63) is 29.1 Å². The number of aryl methyl sites for hydroxylation is 2. The van der Waals surface area contributed by atoms with Crippen LogP contribution in [0.4, 0.5) is 0 Å². The van der Waals surface area contributed by atoms with Crippen LogP contribution in [0.15, 0.2) is 12.1 Å². The van der Waals surface area contributed by atoms with E-state index in [4.69, 9.17) is 0 Å². The van der Waals surface area contributed by atoms with Crippen LogP contribution in [0.1, 0.15) is 41.0 Å². The molecule has 1 atom stereocenters. The van der Waals surface area contributed by atoms with Gasteiger partial charge < -0.3 is 10.6 Å². The van der Waals surface area contributed by atoms with Crippen LogP contribution < -0.4 is 10.6 Å². The van der Waals surface area contributed by atoms with Gasteiger partial charge in [-0.3, -0.25) is 9.78 Å². The van der Waals surface area contributed by atoms with Gasteiger partial charge in [0.1, 0.15) is 0 Å². The minimum Gasteiger partial charge on any atom is -0.348 e. The van der Waals surface area contributed by atoms with E-state index in [0.29, 0.717) is 5.56 Å². The molecule has 1 aliphatic rings. The van der Waals surface area contributed by atoms with Crippen LogP contribution in [0.3, 0.4) is 0 Å². The molecule has 18 heavy (non-hydrogen) atoms. The van der Waals surface area contributed by atoms with Crippen LogP contribution >= 0.6 is 0 Å². The highest BCUT2D eigenvalue weighted by molar-refractivity contribution is 5.95. The van der Waals surface area contributed by atoms with Gasteiger partial charge in [-0.25, -0.2) is 0 Å². The van der Waals surface area contributed by atoms with Crippen molar-refractivity contribution < 1.29 is 4.79 Å². The lowest BCUT2D eigenvalue weighted by molar-refractivity contribution is 0.0934. The second kappa shape index (κ2) is 5.96. The number of rotatable bonds is 2. The number of carbonyl (C=O) groups is 1. The molecule has 2 heterocycles. The van der Waals surface area contributed by atoms with Gasteiger partial charge in [-0.2, -0.15) is 0 Å². The molecule has 0 aliphatic carbocycles. The summed E-state index contributed by atoms with van der Waals surface area (Å²) >= 11 is 0. The van der Waals surface area contributed by atoms with E-state index in [0.717, 1.165) is 30.9 Å². The second-order valence-corrected chi connectivity index (χ2v) is 4.96. The zero-order valence-electron chi connectivity index (χ0n) is 11.1. The van der Waals surface area contributed by atoms with Gasteiger partial charge in [0.2, 0.25) is 0 Å². The third kappa shape index (κ3) is 3.29.